The summed E-state index contributed by atoms with van der Waals surface area (Å²) in [6.45, 7) is 4.82. The number of benzene rings is 3. The fourth-order valence-corrected chi connectivity index (χ4v) is 21.0. The van der Waals surface area contributed by atoms with E-state index in [4.69, 9.17) is 0 Å². The molecule has 0 aromatic heterocycles. The van der Waals surface area contributed by atoms with Gasteiger partial charge in [-0.2, -0.15) is 0 Å². The third-order valence-electron chi connectivity index (χ3n) is 5.11. The first-order valence-electron chi connectivity index (χ1n) is 9.77. The van der Waals surface area contributed by atoms with E-state index in [9.17, 15) is 0 Å². The molecule has 0 nitrogen and oxygen atoms in total. The van der Waals surface area contributed by atoms with Gasteiger partial charge in [0.15, 0.2) is 0 Å². The van der Waals surface area contributed by atoms with Gasteiger partial charge in [-0.05, 0) is 0 Å². The molecular weight excluding hydrogens is 419 g/mol. The summed E-state index contributed by atoms with van der Waals surface area (Å²) in [5, 5.41) is 0. The first-order chi connectivity index (χ1) is 12.7. The van der Waals surface area contributed by atoms with E-state index in [0.717, 1.165) is 5.92 Å². The number of hydrogen-bond donors (Lipinski definition) is 0. The molecule has 0 aliphatic rings. The van der Waals surface area contributed by atoms with Crippen LogP contribution in [0.5, 0.6) is 0 Å². The summed E-state index contributed by atoms with van der Waals surface area (Å²) in [7, 11) is 0. The summed E-state index contributed by atoms with van der Waals surface area (Å²) < 4.78 is 5.43. The van der Waals surface area contributed by atoms with E-state index in [0.29, 0.717) is 0 Å². The fraction of sp³-hybridized carbons (Fsp3) is 0.280. The van der Waals surface area contributed by atoms with Crippen LogP contribution in [-0.4, -0.2) is 18.4 Å². The summed E-state index contributed by atoms with van der Waals surface area (Å²) in [6.07, 6.45) is 0. The minimum atomic E-state index is -2.51. The average molecular weight is 449 g/mol. The minimum absolute atomic E-state index is 0.766. The van der Waals surface area contributed by atoms with E-state index in [1.54, 1.807) is 0 Å². The van der Waals surface area contributed by atoms with Crippen LogP contribution in [0.3, 0.4) is 0 Å². The zero-order valence-corrected chi connectivity index (χ0v) is 18.9. The van der Waals surface area contributed by atoms with E-state index in [-0.39, 0.29) is 0 Å². The summed E-state index contributed by atoms with van der Waals surface area (Å²) >= 11 is -2.51. The molecule has 0 aliphatic heterocycles. The molecule has 0 spiro atoms. The van der Waals surface area contributed by atoms with Crippen molar-refractivity contribution in [2.75, 3.05) is 0 Å². The van der Waals surface area contributed by atoms with Crippen LogP contribution in [0.2, 0.25) is 4.44 Å². The second kappa shape index (κ2) is 9.41. The second-order valence-corrected chi connectivity index (χ2v) is 20.8. The molecule has 0 atom stereocenters. The van der Waals surface area contributed by atoms with Gasteiger partial charge in [0.05, 0.1) is 0 Å². The molecule has 0 fully saturated rings. The maximum absolute atomic E-state index is 2.51. The molecule has 0 bridgehead atoms. The van der Waals surface area contributed by atoms with Crippen molar-refractivity contribution in [3.8, 4) is 0 Å². The van der Waals surface area contributed by atoms with Crippen molar-refractivity contribution < 1.29 is 0 Å². The third-order valence-corrected chi connectivity index (χ3v) is 19.8. The summed E-state index contributed by atoms with van der Waals surface area (Å²) in [6, 6.07) is 33.6. The van der Waals surface area contributed by atoms with Crippen molar-refractivity contribution in [3.63, 3.8) is 0 Å². The Hall–Kier alpha value is -1.54. The number of hydrogen-bond acceptors (Lipinski definition) is 0. The summed E-state index contributed by atoms with van der Waals surface area (Å²) in [5.74, 6) is 0.766. The Kier molecular flexibility index (Phi) is 6.96. The zero-order valence-electron chi connectivity index (χ0n) is 16.1. The molecule has 0 unspecified atom stereocenters. The van der Waals surface area contributed by atoms with Crippen LogP contribution >= 0.6 is 0 Å². The maximum atomic E-state index is 2.41. The Morgan fingerprint density at radius 2 is 0.846 bits per heavy atom. The molecule has 0 saturated heterocycles. The monoisotopic (exact) mass is 450 g/mol. The Bertz CT molecular complexity index is 662. The molecule has 0 amide bonds. The summed E-state index contributed by atoms with van der Waals surface area (Å²) in [4.78, 5) is 0. The van der Waals surface area contributed by atoms with Gasteiger partial charge in [0.2, 0.25) is 0 Å². The van der Waals surface area contributed by atoms with Crippen LogP contribution in [0.15, 0.2) is 91.0 Å². The van der Waals surface area contributed by atoms with E-state index >= 15 is 0 Å². The van der Waals surface area contributed by atoms with Gasteiger partial charge in [-0.15, -0.1) is 0 Å². The fourth-order valence-electron chi connectivity index (χ4n) is 4.36. The Balaban J connectivity index is 1.97. The average Bonchev–Trinajstić information content (AvgIpc) is 2.63. The van der Waals surface area contributed by atoms with Crippen LogP contribution in [0.1, 0.15) is 30.5 Å². The normalized spacial score (nSPS) is 11.7. The van der Waals surface area contributed by atoms with E-state index in [1.807, 2.05) is 0 Å². The Morgan fingerprint density at radius 3 is 1.12 bits per heavy atom. The first kappa shape index (κ1) is 19.2. The molecule has 1 heteroatoms. The molecule has 0 aliphatic carbocycles. The quantitative estimate of drug-likeness (QED) is 0.348. The molecule has 0 heterocycles. The summed E-state index contributed by atoms with van der Waals surface area (Å²) in [5.41, 5.74) is 4.61. The van der Waals surface area contributed by atoms with Gasteiger partial charge in [-0.25, -0.2) is 0 Å². The van der Waals surface area contributed by atoms with Crippen molar-refractivity contribution in [3.05, 3.63) is 108 Å². The van der Waals surface area contributed by atoms with Gasteiger partial charge < -0.3 is 0 Å². The standard InChI is InChI=1S/3C7H7.C4H9.Sn/c3*1-7-5-3-2-4-6-7;1-4(2)3;/h3*2-6H,1H2;4H,1H2,2-3H3;. The van der Waals surface area contributed by atoms with Crippen molar-refractivity contribution in [1.29, 1.82) is 0 Å². The van der Waals surface area contributed by atoms with Crippen molar-refractivity contribution in [1.82, 2.24) is 0 Å². The van der Waals surface area contributed by atoms with Gasteiger partial charge >= 0.3 is 164 Å². The van der Waals surface area contributed by atoms with Crippen LogP contribution in [0, 0.1) is 5.92 Å². The van der Waals surface area contributed by atoms with Crippen molar-refractivity contribution >= 4 is 18.4 Å². The molecular formula is C25H30Sn. The van der Waals surface area contributed by atoms with Gasteiger partial charge in [0, 0.05) is 0 Å². The van der Waals surface area contributed by atoms with E-state index < -0.39 is 18.4 Å². The SMILES string of the molecule is CC(C)[CH2][Sn]([CH2]c1ccccc1)([CH2]c1ccccc1)[CH2]c1ccccc1. The molecule has 3 aromatic carbocycles. The third kappa shape index (κ3) is 5.74. The second-order valence-electron chi connectivity index (χ2n) is 8.09. The Morgan fingerprint density at radius 1 is 0.538 bits per heavy atom. The predicted molar refractivity (Wildman–Crippen MR) is 116 cm³/mol. The van der Waals surface area contributed by atoms with E-state index in [2.05, 4.69) is 105 Å². The molecule has 0 saturated carbocycles. The molecule has 26 heavy (non-hydrogen) atoms. The van der Waals surface area contributed by atoms with Crippen LogP contribution < -0.4 is 0 Å². The first-order valence-corrected chi connectivity index (χ1v) is 17.8. The molecule has 3 rings (SSSR count). The molecule has 134 valence electrons. The van der Waals surface area contributed by atoms with Gasteiger partial charge in [0.1, 0.15) is 0 Å². The van der Waals surface area contributed by atoms with Crippen LogP contribution in [0.4, 0.5) is 0 Å². The van der Waals surface area contributed by atoms with Crippen LogP contribution in [-0.2, 0) is 13.3 Å². The van der Waals surface area contributed by atoms with Crippen molar-refractivity contribution in [2.24, 2.45) is 5.92 Å². The molecule has 0 radical (unpaired) electrons. The molecule has 3 aromatic rings. The van der Waals surface area contributed by atoms with Gasteiger partial charge in [-0.1, -0.05) is 0 Å². The van der Waals surface area contributed by atoms with Crippen molar-refractivity contribution in [2.45, 2.75) is 31.6 Å². The van der Waals surface area contributed by atoms with Gasteiger partial charge in [-0.3, -0.25) is 0 Å². The molecule has 0 N–H and O–H groups in total. The topological polar surface area (TPSA) is 0 Å². The predicted octanol–water partition coefficient (Wildman–Crippen LogP) is 6.44. The van der Waals surface area contributed by atoms with Gasteiger partial charge in [0.25, 0.3) is 0 Å². The zero-order chi connectivity index (χ0) is 18.2. The Labute approximate surface area is 163 Å². The van der Waals surface area contributed by atoms with E-state index in [1.165, 1.54) is 34.4 Å². The number of rotatable bonds is 8. The van der Waals surface area contributed by atoms with Crippen LogP contribution in [0.25, 0.3) is 0 Å².